The highest BCUT2D eigenvalue weighted by molar-refractivity contribution is 5.74. The minimum absolute atomic E-state index is 0.0873. The Morgan fingerprint density at radius 1 is 1.41 bits per heavy atom. The minimum Gasteiger partial charge on any atom is -0.334 e. The van der Waals surface area contributed by atoms with E-state index in [9.17, 15) is 9.18 Å². The van der Waals surface area contributed by atoms with Crippen LogP contribution < -0.4 is 10.6 Å². The first kappa shape index (κ1) is 11.9. The van der Waals surface area contributed by atoms with Gasteiger partial charge in [-0.15, -0.1) is 0 Å². The van der Waals surface area contributed by atoms with Crippen LogP contribution in [0.3, 0.4) is 0 Å². The van der Waals surface area contributed by atoms with Crippen molar-refractivity contribution in [3.05, 3.63) is 35.6 Å². The van der Waals surface area contributed by atoms with E-state index in [0.717, 1.165) is 31.7 Å². The monoisotopic (exact) mass is 237 g/mol. The molecule has 1 fully saturated rings. The van der Waals surface area contributed by atoms with Crippen molar-refractivity contribution >= 4 is 6.03 Å². The van der Waals surface area contributed by atoms with Gasteiger partial charge >= 0.3 is 6.03 Å². The van der Waals surface area contributed by atoms with Crippen molar-refractivity contribution in [2.45, 2.75) is 6.54 Å². The van der Waals surface area contributed by atoms with E-state index in [2.05, 4.69) is 10.6 Å². The lowest BCUT2D eigenvalue weighted by Gasteiger charge is -2.27. The molecule has 0 aliphatic carbocycles. The molecule has 92 valence electrons. The molecule has 1 aromatic carbocycles. The molecule has 4 nitrogen and oxygen atoms in total. The lowest BCUT2D eigenvalue weighted by Crippen LogP contribution is -2.50. The third-order valence-electron chi connectivity index (χ3n) is 2.74. The minimum atomic E-state index is -0.279. The molecule has 1 aliphatic rings. The topological polar surface area (TPSA) is 44.4 Å². The average Bonchev–Trinajstić information content (AvgIpc) is 2.37. The normalized spacial score (nSPS) is 15.7. The highest BCUT2D eigenvalue weighted by Gasteiger charge is 2.15. The largest absolute Gasteiger partial charge is 0.334 e. The van der Waals surface area contributed by atoms with E-state index in [1.807, 2.05) is 0 Å². The number of urea groups is 1. The lowest BCUT2D eigenvalue weighted by molar-refractivity contribution is 0.189. The molecule has 0 bridgehead atoms. The molecule has 1 aromatic rings. The number of halogens is 1. The van der Waals surface area contributed by atoms with Gasteiger partial charge in [-0.2, -0.15) is 0 Å². The molecule has 2 rings (SSSR count). The molecule has 1 saturated heterocycles. The van der Waals surface area contributed by atoms with Crippen LogP contribution in [0.5, 0.6) is 0 Å². The van der Waals surface area contributed by atoms with Gasteiger partial charge < -0.3 is 15.5 Å². The number of piperazine rings is 1. The van der Waals surface area contributed by atoms with Gasteiger partial charge in [0.1, 0.15) is 5.82 Å². The van der Waals surface area contributed by atoms with Crippen molar-refractivity contribution < 1.29 is 9.18 Å². The fraction of sp³-hybridized carbons (Fsp3) is 0.417. The summed E-state index contributed by atoms with van der Waals surface area (Å²) in [5.74, 6) is -0.279. The van der Waals surface area contributed by atoms with Gasteiger partial charge in [0, 0.05) is 32.7 Å². The molecule has 0 unspecified atom stereocenters. The first-order chi connectivity index (χ1) is 8.25. The van der Waals surface area contributed by atoms with E-state index in [4.69, 9.17) is 0 Å². The van der Waals surface area contributed by atoms with Crippen LogP contribution >= 0.6 is 0 Å². The van der Waals surface area contributed by atoms with Crippen LogP contribution in [0.15, 0.2) is 24.3 Å². The van der Waals surface area contributed by atoms with Crippen LogP contribution in [0.25, 0.3) is 0 Å². The summed E-state index contributed by atoms with van der Waals surface area (Å²) >= 11 is 0. The first-order valence-corrected chi connectivity index (χ1v) is 5.73. The molecule has 17 heavy (non-hydrogen) atoms. The summed E-state index contributed by atoms with van der Waals surface area (Å²) < 4.78 is 12.9. The molecule has 1 aliphatic heterocycles. The highest BCUT2D eigenvalue weighted by Crippen LogP contribution is 2.03. The van der Waals surface area contributed by atoms with E-state index in [0.29, 0.717) is 6.54 Å². The zero-order chi connectivity index (χ0) is 12.1. The Bertz CT molecular complexity index is 391. The molecule has 0 aromatic heterocycles. The summed E-state index contributed by atoms with van der Waals surface area (Å²) in [5, 5.41) is 5.97. The van der Waals surface area contributed by atoms with Crippen molar-refractivity contribution in [3.8, 4) is 0 Å². The molecule has 0 radical (unpaired) electrons. The Hall–Kier alpha value is -1.62. The van der Waals surface area contributed by atoms with Crippen molar-refractivity contribution in [1.82, 2.24) is 15.5 Å². The molecule has 2 N–H and O–H groups in total. The van der Waals surface area contributed by atoms with Gasteiger partial charge in [-0.1, -0.05) is 12.1 Å². The zero-order valence-corrected chi connectivity index (χ0v) is 9.58. The predicted octanol–water partition coefficient (Wildman–Crippen LogP) is 0.940. The van der Waals surface area contributed by atoms with E-state index in [-0.39, 0.29) is 11.8 Å². The molecule has 2 amide bonds. The van der Waals surface area contributed by atoms with Crippen molar-refractivity contribution in [2.24, 2.45) is 0 Å². The second-order valence-corrected chi connectivity index (χ2v) is 4.03. The van der Waals surface area contributed by atoms with Crippen LogP contribution in [-0.4, -0.2) is 37.1 Å². The van der Waals surface area contributed by atoms with Crippen molar-refractivity contribution in [2.75, 3.05) is 26.2 Å². The molecule has 1 heterocycles. The maximum atomic E-state index is 12.9. The summed E-state index contributed by atoms with van der Waals surface area (Å²) in [6.45, 7) is 3.45. The third kappa shape index (κ3) is 3.42. The van der Waals surface area contributed by atoms with E-state index in [1.54, 1.807) is 17.0 Å². The summed E-state index contributed by atoms with van der Waals surface area (Å²) in [7, 11) is 0. The fourth-order valence-corrected chi connectivity index (χ4v) is 1.80. The first-order valence-electron chi connectivity index (χ1n) is 5.73. The fourth-order valence-electron chi connectivity index (χ4n) is 1.80. The second kappa shape index (κ2) is 5.63. The number of hydrogen-bond donors (Lipinski definition) is 2. The number of benzene rings is 1. The Kier molecular flexibility index (Phi) is 3.93. The van der Waals surface area contributed by atoms with Gasteiger partial charge in [0.2, 0.25) is 0 Å². The van der Waals surface area contributed by atoms with Crippen LogP contribution in [0.1, 0.15) is 5.56 Å². The van der Waals surface area contributed by atoms with Crippen molar-refractivity contribution in [1.29, 1.82) is 0 Å². The van der Waals surface area contributed by atoms with Crippen LogP contribution in [0.4, 0.5) is 9.18 Å². The number of carbonyl (C=O) groups is 1. The van der Waals surface area contributed by atoms with E-state index in [1.165, 1.54) is 12.1 Å². The molecule has 0 atom stereocenters. The average molecular weight is 237 g/mol. The predicted molar refractivity (Wildman–Crippen MR) is 63.1 cm³/mol. The molecule has 5 heteroatoms. The van der Waals surface area contributed by atoms with Crippen LogP contribution in [0, 0.1) is 5.82 Å². The smallest absolute Gasteiger partial charge is 0.317 e. The van der Waals surface area contributed by atoms with Crippen LogP contribution in [-0.2, 0) is 6.54 Å². The number of rotatable bonds is 2. The maximum absolute atomic E-state index is 12.9. The highest BCUT2D eigenvalue weighted by atomic mass is 19.1. The Labute approximate surface area is 99.8 Å². The SMILES string of the molecule is O=C(NCc1cccc(F)c1)N1CCNCC1. The standard InChI is InChI=1S/C12H16FN3O/c13-11-3-1-2-10(8-11)9-15-12(17)16-6-4-14-5-7-16/h1-3,8,14H,4-7,9H2,(H,15,17). The number of amides is 2. The molecule has 0 spiro atoms. The van der Waals surface area contributed by atoms with Gasteiger partial charge in [-0.05, 0) is 17.7 Å². The molecular weight excluding hydrogens is 221 g/mol. The third-order valence-corrected chi connectivity index (χ3v) is 2.74. The van der Waals surface area contributed by atoms with Crippen molar-refractivity contribution in [3.63, 3.8) is 0 Å². The van der Waals surface area contributed by atoms with Gasteiger partial charge in [0.15, 0.2) is 0 Å². The maximum Gasteiger partial charge on any atom is 0.317 e. The van der Waals surface area contributed by atoms with Gasteiger partial charge in [0.25, 0.3) is 0 Å². The Balaban J connectivity index is 1.83. The Morgan fingerprint density at radius 2 is 2.18 bits per heavy atom. The lowest BCUT2D eigenvalue weighted by atomic mass is 10.2. The quantitative estimate of drug-likeness (QED) is 0.804. The van der Waals surface area contributed by atoms with Gasteiger partial charge in [-0.25, -0.2) is 9.18 Å². The number of nitrogens with one attached hydrogen (secondary N) is 2. The summed E-state index contributed by atoms with van der Waals surface area (Å²) in [6, 6.07) is 6.17. The summed E-state index contributed by atoms with van der Waals surface area (Å²) in [5.41, 5.74) is 0.772. The number of carbonyl (C=O) groups excluding carboxylic acids is 1. The van der Waals surface area contributed by atoms with E-state index >= 15 is 0 Å². The van der Waals surface area contributed by atoms with Gasteiger partial charge in [0.05, 0.1) is 0 Å². The Morgan fingerprint density at radius 3 is 2.88 bits per heavy atom. The van der Waals surface area contributed by atoms with Crippen LogP contribution in [0.2, 0.25) is 0 Å². The zero-order valence-electron chi connectivity index (χ0n) is 9.58. The van der Waals surface area contributed by atoms with Gasteiger partial charge in [-0.3, -0.25) is 0 Å². The second-order valence-electron chi connectivity index (χ2n) is 4.03. The number of nitrogens with zero attached hydrogens (tertiary/aromatic N) is 1. The molecular formula is C12H16FN3O. The molecule has 0 saturated carbocycles. The summed E-state index contributed by atoms with van der Waals surface area (Å²) in [4.78, 5) is 13.5. The van der Waals surface area contributed by atoms with E-state index < -0.39 is 0 Å². The number of hydrogen-bond acceptors (Lipinski definition) is 2. The summed E-state index contributed by atoms with van der Waals surface area (Å²) in [6.07, 6.45) is 0.